The lowest BCUT2D eigenvalue weighted by Gasteiger charge is -2.28. The molecule has 1 fully saturated rings. The van der Waals surface area contributed by atoms with Crippen molar-refractivity contribution < 1.29 is 0 Å². The Kier molecular flexibility index (Phi) is 2.60. The summed E-state index contributed by atoms with van der Waals surface area (Å²) in [7, 11) is 2.71. The molecule has 3 rings (SSSR count). The Morgan fingerprint density at radius 2 is 1.62 bits per heavy atom. The molecule has 2 aromatic rings. The average Bonchev–Trinajstić information content (AvgIpc) is 2.39. The Morgan fingerprint density at radius 1 is 0.875 bits per heavy atom. The van der Waals surface area contributed by atoms with E-state index in [0.717, 1.165) is 22.6 Å². The molecule has 0 radical (unpaired) electrons. The summed E-state index contributed by atoms with van der Waals surface area (Å²) in [4.78, 5) is 0. The minimum absolute atomic E-state index is 0.893. The number of benzene rings is 2. The van der Waals surface area contributed by atoms with Crippen LogP contribution in [-0.4, -0.2) is 22.6 Å². The van der Waals surface area contributed by atoms with Crippen molar-refractivity contribution in [1.29, 1.82) is 0 Å². The molecule has 1 aliphatic rings. The predicted molar refractivity (Wildman–Crippen MR) is 74.1 cm³/mol. The first-order valence-electron chi connectivity index (χ1n) is 5.59. The van der Waals surface area contributed by atoms with Crippen LogP contribution < -0.4 is 15.0 Å². The minimum atomic E-state index is 0.893. The second-order valence-corrected chi connectivity index (χ2v) is 4.06. The highest BCUT2D eigenvalue weighted by Gasteiger charge is 2.13. The van der Waals surface area contributed by atoms with Gasteiger partial charge in [-0.15, -0.1) is 0 Å². The van der Waals surface area contributed by atoms with Gasteiger partial charge in [-0.3, -0.25) is 0 Å². The molecule has 0 spiro atoms. The summed E-state index contributed by atoms with van der Waals surface area (Å²) < 4.78 is 2.29. The molecular formula is C10H12B3N3. The maximum absolute atomic E-state index is 3.30. The molecule has 0 aromatic heterocycles. The van der Waals surface area contributed by atoms with Gasteiger partial charge in [0.25, 0.3) is 22.6 Å². The van der Waals surface area contributed by atoms with Crippen LogP contribution in [0.3, 0.4) is 0 Å². The number of hydrogen-bond acceptors (Lipinski definition) is 3. The van der Waals surface area contributed by atoms with Crippen molar-refractivity contribution in [3.05, 3.63) is 42.5 Å². The van der Waals surface area contributed by atoms with Gasteiger partial charge < -0.3 is 15.0 Å². The molecule has 2 aromatic carbocycles. The van der Waals surface area contributed by atoms with Crippen LogP contribution in [-0.2, 0) is 0 Å². The topological polar surface area (TPSA) is 27.3 Å². The van der Waals surface area contributed by atoms with Crippen molar-refractivity contribution >= 4 is 39.1 Å². The lowest BCUT2D eigenvalue weighted by Crippen LogP contribution is -2.58. The van der Waals surface area contributed by atoms with E-state index >= 15 is 0 Å². The number of fused-ring (bicyclic) bond motifs is 1. The fourth-order valence-electron chi connectivity index (χ4n) is 2.08. The van der Waals surface area contributed by atoms with Gasteiger partial charge in [0, 0.05) is 5.69 Å². The van der Waals surface area contributed by atoms with E-state index in [-0.39, 0.29) is 0 Å². The van der Waals surface area contributed by atoms with E-state index in [9.17, 15) is 0 Å². The highest BCUT2D eigenvalue weighted by atomic mass is 15.1. The molecule has 0 saturated carbocycles. The van der Waals surface area contributed by atoms with Gasteiger partial charge >= 0.3 is 0 Å². The molecule has 0 bridgehead atoms. The van der Waals surface area contributed by atoms with Crippen LogP contribution in [0.25, 0.3) is 10.8 Å². The Morgan fingerprint density at radius 3 is 2.44 bits per heavy atom. The van der Waals surface area contributed by atoms with Crippen LogP contribution in [0.2, 0.25) is 0 Å². The number of hydrogen-bond donors (Lipinski definition) is 2. The Hall–Kier alpha value is -1.39. The molecule has 3 nitrogen and oxygen atoms in total. The number of rotatable bonds is 1. The average molecular weight is 207 g/mol. The third-order valence-electron chi connectivity index (χ3n) is 2.95. The summed E-state index contributed by atoms with van der Waals surface area (Å²) in [5.41, 5.74) is 1.26. The van der Waals surface area contributed by atoms with E-state index in [1.54, 1.807) is 0 Å². The predicted octanol–water partition coefficient (Wildman–Crippen LogP) is -0.362. The first-order valence-corrected chi connectivity index (χ1v) is 5.59. The van der Waals surface area contributed by atoms with Gasteiger partial charge in [-0.1, -0.05) is 30.3 Å². The molecule has 1 aliphatic heterocycles. The first kappa shape index (κ1) is 9.81. The summed E-state index contributed by atoms with van der Waals surface area (Å²) >= 11 is 0. The standard InChI is InChI=1S/C10H12B3N3/c1-2-4-9-7-10(6-5-8(9)3-1)16-12-14-11-15-13-16/h1-7,11-15H. The van der Waals surface area contributed by atoms with E-state index in [1.807, 2.05) is 0 Å². The van der Waals surface area contributed by atoms with Crippen molar-refractivity contribution in [3.8, 4) is 0 Å². The molecule has 0 amide bonds. The summed E-state index contributed by atoms with van der Waals surface area (Å²) in [6.07, 6.45) is 0. The van der Waals surface area contributed by atoms with Crippen LogP contribution in [0.4, 0.5) is 5.69 Å². The van der Waals surface area contributed by atoms with Crippen molar-refractivity contribution in [2.24, 2.45) is 0 Å². The second kappa shape index (κ2) is 4.24. The number of anilines is 1. The third kappa shape index (κ3) is 1.82. The van der Waals surface area contributed by atoms with Crippen molar-refractivity contribution in [1.82, 2.24) is 10.3 Å². The molecule has 16 heavy (non-hydrogen) atoms. The van der Waals surface area contributed by atoms with E-state index in [2.05, 4.69) is 57.5 Å². The fourth-order valence-corrected chi connectivity index (χ4v) is 2.08. The van der Waals surface area contributed by atoms with Crippen molar-refractivity contribution in [2.45, 2.75) is 0 Å². The molecule has 2 N–H and O–H groups in total. The molecular weight excluding hydrogens is 195 g/mol. The van der Waals surface area contributed by atoms with Gasteiger partial charge in [-0.05, 0) is 22.9 Å². The van der Waals surface area contributed by atoms with Crippen LogP contribution >= 0.6 is 0 Å². The van der Waals surface area contributed by atoms with Crippen LogP contribution in [0.1, 0.15) is 0 Å². The molecule has 0 unspecified atom stereocenters. The van der Waals surface area contributed by atoms with Gasteiger partial charge in [0.15, 0.2) is 0 Å². The highest BCUT2D eigenvalue weighted by molar-refractivity contribution is 6.73. The molecule has 0 aliphatic carbocycles. The molecule has 1 saturated heterocycles. The van der Waals surface area contributed by atoms with Crippen LogP contribution in [0, 0.1) is 0 Å². The normalized spacial score (nSPS) is 15.1. The quantitative estimate of drug-likeness (QED) is 0.624. The molecule has 76 valence electrons. The molecule has 6 heteroatoms. The van der Waals surface area contributed by atoms with E-state index < -0.39 is 0 Å². The van der Waals surface area contributed by atoms with Gasteiger partial charge in [-0.25, -0.2) is 0 Å². The van der Waals surface area contributed by atoms with Crippen molar-refractivity contribution in [3.63, 3.8) is 0 Å². The zero-order valence-corrected chi connectivity index (χ0v) is 9.11. The van der Waals surface area contributed by atoms with Crippen LogP contribution in [0.15, 0.2) is 42.5 Å². The summed E-state index contributed by atoms with van der Waals surface area (Å²) in [6.45, 7) is 0. The number of nitrogens with one attached hydrogen (secondary N) is 2. The Labute approximate surface area is 97.1 Å². The van der Waals surface area contributed by atoms with Crippen LogP contribution in [0.5, 0.6) is 0 Å². The molecule has 1 heterocycles. The Balaban J connectivity index is 1.97. The maximum atomic E-state index is 3.30. The highest BCUT2D eigenvalue weighted by Crippen LogP contribution is 2.20. The van der Waals surface area contributed by atoms with Gasteiger partial charge in [0.1, 0.15) is 0 Å². The lowest BCUT2D eigenvalue weighted by molar-refractivity contribution is 1.31. The van der Waals surface area contributed by atoms with Gasteiger partial charge in [0.05, 0.1) is 0 Å². The Bertz CT molecular complexity index is 499. The minimum Gasteiger partial charge on any atom is -0.441 e. The maximum Gasteiger partial charge on any atom is 0.298 e. The molecule has 0 atom stereocenters. The monoisotopic (exact) mass is 207 g/mol. The summed E-state index contributed by atoms with van der Waals surface area (Å²) in [5, 5.41) is 9.18. The van der Waals surface area contributed by atoms with Gasteiger partial charge in [0.2, 0.25) is 0 Å². The zero-order chi connectivity index (χ0) is 10.8. The first-order chi connectivity index (χ1) is 7.93. The number of nitrogens with zero attached hydrogens (tertiary/aromatic N) is 1. The fraction of sp³-hybridized carbons (Fsp3) is 0. The van der Waals surface area contributed by atoms with E-state index in [0.29, 0.717) is 0 Å². The van der Waals surface area contributed by atoms with E-state index in [1.165, 1.54) is 16.5 Å². The van der Waals surface area contributed by atoms with Gasteiger partial charge in [-0.2, -0.15) is 0 Å². The summed E-state index contributed by atoms with van der Waals surface area (Å²) in [6, 6.07) is 15.1. The smallest absolute Gasteiger partial charge is 0.298 e. The second-order valence-electron chi connectivity index (χ2n) is 4.06. The SMILES string of the molecule is B1NBN(c2ccc3ccccc3c2)BN1. The lowest BCUT2D eigenvalue weighted by atomic mass is 9.80. The zero-order valence-electron chi connectivity index (χ0n) is 9.11. The van der Waals surface area contributed by atoms with E-state index in [4.69, 9.17) is 0 Å². The summed E-state index contributed by atoms with van der Waals surface area (Å²) in [5.74, 6) is 0. The van der Waals surface area contributed by atoms with Crippen molar-refractivity contribution in [2.75, 3.05) is 4.72 Å². The largest absolute Gasteiger partial charge is 0.441 e. The third-order valence-corrected chi connectivity index (χ3v) is 2.95.